The number of halogens is 3. The summed E-state index contributed by atoms with van der Waals surface area (Å²) in [5.74, 6) is -1.83. The third kappa shape index (κ3) is 4.52. The molecule has 1 amide bonds. The molecule has 0 aliphatic carbocycles. The fourth-order valence-corrected chi connectivity index (χ4v) is 2.12. The van der Waals surface area contributed by atoms with E-state index >= 15 is 0 Å². The summed E-state index contributed by atoms with van der Waals surface area (Å²) < 4.78 is 42.3. The summed E-state index contributed by atoms with van der Waals surface area (Å²) in [5.41, 5.74) is -0.746. The van der Waals surface area contributed by atoms with Gasteiger partial charge in [0, 0.05) is 18.6 Å². The Bertz CT molecular complexity index is 767. The maximum Gasteiger partial charge on any atom is 0.417 e. The maximum absolute atomic E-state index is 12.6. The van der Waals surface area contributed by atoms with Crippen molar-refractivity contribution in [3.8, 4) is 0 Å². The zero-order valence-electron chi connectivity index (χ0n) is 13.9. The van der Waals surface area contributed by atoms with E-state index in [1.807, 2.05) is 0 Å². The highest BCUT2D eigenvalue weighted by atomic mass is 19.4. The van der Waals surface area contributed by atoms with Crippen LogP contribution in [0.1, 0.15) is 30.0 Å². The molecule has 2 aromatic heterocycles. The molecule has 2 rings (SSSR count). The van der Waals surface area contributed by atoms with Gasteiger partial charge in [0.05, 0.1) is 31.0 Å². The number of hydrogen-bond donors (Lipinski definition) is 0. The van der Waals surface area contributed by atoms with Gasteiger partial charge in [-0.2, -0.15) is 13.2 Å². The lowest BCUT2D eigenvalue weighted by molar-refractivity contribution is -0.159. The number of alkyl halides is 3. The van der Waals surface area contributed by atoms with Gasteiger partial charge >= 0.3 is 18.1 Å². The Morgan fingerprint density at radius 2 is 1.85 bits per heavy atom. The minimum Gasteiger partial charge on any atom is -0.462 e. The topological polar surface area (TPSA) is 85.3 Å². The van der Waals surface area contributed by atoms with Crippen LogP contribution in [0.15, 0.2) is 36.8 Å². The van der Waals surface area contributed by atoms with Crippen molar-refractivity contribution < 1.29 is 27.5 Å². The van der Waals surface area contributed by atoms with Gasteiger partial charge in [-0.15, -0.1) is 0 Å². The molecule has 0 aliphatic heterocycles. The molecule has 0 aromatic carbocycles. The second-order valence-corrected chi connectivity index (χ2v) is 5.24. The predicted molar refractivity (Wildman–Crippen MR) is 82.3 cm³/mol. The number of nitrogens with zero attached hydrogens (tertiary/aromatic N) is 4. The molecule has 138 valence electrons. The first-order chi connectivity index (χ1) is 12.2. The Morgan fingerprint density at radius 1 is 1.19 bits per heavy atom. The molecule has 0 radical (unpaired) electrons. The zero-order chi connectivity index (χ0) is 19.3. The minimum absolute atomic E-state index is 0.165. The molecule has 0 N–H and O–H groups in total. The van der Waals surface area contributed by atoms with Gasteiger partial charge in [0.25, 0.3) is 0 Å². The predicted octanol–water partition coefficient (Wildman–Crippen LogP) is 2.15. The molecule has 0 fully saturated rings. The molecule has 0 aliphatic rings. The molecule has 2 heterocycles. The van der Waals surface area contributed by atoms with Crippen molar-refractivity contribution in [3.05, 3.63) is 53.9 Å². The summed E-state index contributed by atoms with van der Waals surface area (Å²) in [6.45, 7) is 1.37. The molecule has 0 saturated carbocycles. The summed E-state index contributed by atoms with van der Waals surface area (Å²) in [6.07, 6.45) is -0.913. The van der Waals surface area contributed by atoms with Crippen molar-refractivity contribution in [1.82, 2.24) is 19.9 Å². The van der Waals surface area contributed by atoms with Crippen LogP contribution in [0.2, 0.25) is 0 Å². The van der Waals surface area contributed by atoms with Gasteiger partial charge in [0.15, 0.2) is 0 Å². The zero-order valence-corrected chi connectivity index (χ0v) is 13.9. The number of ether oxygens (including phenoxy) is 1. The third-order valence-electron chi connectivity index (χ3n) is 3.53. The number of esters is 1. The first kappa shape index (κ1) is 19.3. The molecular weight excluding hydrogens is 353 g/mol. The quantitative estimate of drug-likeness (QED) is 0.607. The smallest absolute Gasteiger partial charge is 0.417 e. The summed E-state index contributed by atoms with van der Waals surface area (Å²) in [4.78, 5) is 36.8. The lowest BCUT2D eigenvalue weighted by Gasteiger charge is -2.26. The van der Waals surface area contributed by atoms with E-state index in [9.17, 15) is 22.8 Å². The number of carbonyl (C=O) groups is 2. The summed E-state index contributed by atoms with van der Waals surface area (Å²) >= 11 is 0. The molecule has 7 nitrogen and oxygen atoms in total. The van der Waals surface area contributed by atoms with Gasteiger partial charge in [0.2, 0.25) is 0 Å². The van der Waals surface area contributed by atoms with Crippen LogP contribution in [0.3, 0.4) is 0 Å². The number of hydrogen-bond acceptors (Lipinski definition) is 6. The lowest BCUT2D eigenvalue weighted by Crippen LogP contribution is -2.39. The van der Waals surface area contributed by atoms with E-state index in [4.69, 9.17) is 0 Å². The van der Waals surface area contributed by atoms with Gasteiger partial charge in [-0.1, -0.05) is 0 Å². The largest absolute Gasteiger partial charge is 0.462 e. The van der Waals surface area contributed by atoms with Crippen LogP contribution in [0, 0.1) is 0 Å². The van der Waals surface area contributed by atoms with E-state index in [1.165, 1.54) is 12.4 Å². The summed E-state index contributed by atoms with van der Waals surface area (Å²) in [7, 11) is 1.05. The van der Waals surface area contributed by atoms with Crippen molar-refractivity contribution in [2.75, 3.05) is 7.11 Å². The molecule has 10 heteroatoms. The standard InChI is InChI=1S/C16H15F3N4O3/c1-10(13-20-6-3-7-21-13)23(14(24)15(25)26-2)9-12-5-4-11(8-22-12)16(17,18)19/h3-8,10H,9H2,1-2H3. The normalized spacial score (nSPS) is 12.3. The van der Waals surface area contributed by atoms with Crippen LogP contribution in [-0.4, -0.2) is 38.8 Å². The van der Waals surface area contributed by atoms with E-state index in [1.54, 1.807) is 13.0 Å². The SMILES string of the molecule is COC(=O)C(=O)N(Cc1ccc(C(F)(F)F)cn1)C(C)c1ncccn1. The van der Waals surface area contributed by atoms with Crippen molar-refractivity contribution in [3.63, 3.8) is 0 Å². The fourth-order valence-electron chi connectivity index (χ4n) is 2.12. The maximum atomic E-state index is 12.6. The van der Waals surface area contributed by atoms with Crippen LogP contribution in [0.5, 0.6) is 0 Å². The minimum atomic E-state index is -4.52. The Morgan fingerprint density at radius 3 is 2.35 bits per heavy atom. The van der Waals surface area contributed by atoms with Crippen molar-refractivity contribution >= 4 is 11.9 Å². The second-order valence-electron chi connectivity index (χ2n) is 5.24. The average molecular weight is 368 g/mol. The van der Waals surface area contributed by atoms with E-state index in [2.05, 4.69) is 19.7 Å². The average Bonchev–Trinajstić information content (AvgIpc) is 2.64. The molecule has 1 unspecified atom stereocenters. The van der Waals surface area contributed by atoms with Crippen molar-refractivity contribution in [2.45, 2.75) is 25.7 Å². The Labute approximate surface area is 146 Å². The molecular formula is C16H15F3N4O3. The Kier molecular flexibility index (Phi) is 5.86. The Hall–Kier alpha value is -3.04. The molecule has 0 saturated heterocycles. The molecule has 2 aromatic rings. The highest BCUT2D eigenvalue weighted by Crippen LogP contribution is 2.28. The molecule has 26 heavy (non-hydrogen) atoms. The van der Waals surface area contributed by atoms with Crippen LogP contribution >= 0.6 is 0 Å². The first-order valence-electron chi connectivity index (χ1n) is 7.42. The lowest BCUT2D eigenvalue weighted by atomic mass is 10.2. The number of aromatic nitrogens is 3. The van der Waals surface area contributed by atoms with E-state index in [0.717, 1.165) is 24.1 Å². The van der Waals surface area contributed by atoms with E-state index < -0.39 is 29.7 Å². The number of carbonyl (C=O) groups excluding carboxylic acids is 2. The second kappa shape index (κ2) is 7.89. The molecule has 1 atom stereocenters. The highest BCUT2D eigenvalue weighted by molar-refractivity contribution is 6.32. The van der Waals surface area contributed by atoms with Gasteiger partial charge in [0.1, 0.15) is 5.82 Å². The van der Waals surface area contributed by atoms with Crippen LogP contribution < -0.4 is 0 Å². The van der Waals surface area contributed by atoms with Crippen molar-refractivity contribution in [1.29, 1.82) is 0 Å². The monoisotopic (exact) mass is 368 g/mol. The van der Waals surface area contributed by atoms with E-state index in [0.29, 0.717) is 6.20 Å². The summed E-state index contributed by atoms with van der Waals surface area (Å²) in [6, 6.07) is 2.85. The first-order valence-corrected chi connectivity index (χ1v) is 7.42. The number of rotatable bonds is 4. The number of methoxy groups -OCH3 is 1. The van der Waals surface area contributed by atoms with Crippen LogP contribution in [0.4, 0.5) is 13.2 Å². The molecule has 0 bridgehead atoms. The van der Waals surface area contributed by atoms with Gasteiger partial charge < -0.3 is 9.64 Å². The third-order valence-corrected chi connectivity index (χ3v) is 3.53. The van der Waals surface area contributed by atoms with Gasteiger partial charge in [-0.05, 0) is 25.1 Å². The highest BCUT2D eigenvalue weighted by Gasteiger charge is 2.32. The fraction of sp³-hybridized carbons (Fsp3) is 0.312. The summed E-state index contributed by atoms with van der Waals surface area (Å²) in [5, 5.41) is 0. The van der Waals surface area contributed by atoms with Crippen LogP contribution in [0.25, 0.3) is 0 Å². The number of pyridine rings is 1. The van der Waals surface area contributed by atoms with Gasteiger partial charge in [-0.3, -0.25) is 9.78 Å². The number of amides is 1. The molecule has 0 spiro atoms. The van der Waals surface area contributed by atoms with Crippen molar-refractivity contribution in [2.24, 2.45) is 0 Å². The van der Waals surface area contributed by atoms with Crippen LogP contribution in [-0.2, 0) is 27.0 Å². The van der Waals surface area contributed by atoms with E-state index in [-0.39, 0.29) is 18.1 Å². The Balaban J connectivity index is 2.29. The van der Waals surface area contributed by atoms with Gasteiger partial charge in [-0.25, -0.2) is 14.8 Å².